The molecule has 21 heavy (non-hydrogen) atoms. The first-order valence-electron chi connectivity index (χ1n) is 7.01. The molecule has 2 N–H and O–H groups in total. The summed E-state index contributed by atoms with van der Waals surface area (Å²) in [7, 11) is 0. The number of anilines is 1. The van der Waals surface area contributed by atoms with Crippen molar-refractivity contribution in [3.05, 3.63) is 54.6 Å². The van der Waals surface area contributed by atoms with E-state index >= 15 is 0 Å². The molecule has 0 saturated heterocycles. The van der Waals surface area contributed by atoms with Gasteiger partial charge in [-0.25, -0.2) is 9.97 Å². The Balaban J connectivity index is 2.42. The van der Waals surface area contributed by atoms with Crippen LogP contribution in [-0.2, 0) is 0 Å². The lowest BCUT2D eigenvalue weighted by Crippen LogP contribution is -2.06. The van der Waals surface area contributed by atoms with Crippen LogP contribution in [0.2, 0.25) is 0 Å². The van der Waals surface area contributed by atoms with Gasteiger partial charge in [0.05, 0.1) is 0 Å². The van der Waals surface area contributed by atoms with Gasteiger partial charge in [-0.15, -0.1) is 6.58 Å². The van der Waals surface area contributed by atoms with Crippen LogP contribution in [0.5, 0.6) is 0 Å². The fourth-order valence-electron chi connectivity index (χ4n) is 2.04. The summed E-state index contributed by atoms with van der Waals surface area (Å²) >= 11 is 0. The topological polar surface area (TPSA) is 61.7 Å². The first kappa shape index (κ1) is 14.9. The zero-order valence-corrected chi connectivity index (χ0v) is 12.5. The van der Waals surface area contributed by atoms with Crippen LogP contribution in [0.3, 0.4) is 0 Å². The predicted octanol–water partition coefficient (Wildman–Crippen LogP) is 3.83. The minimum Gasteiger partial charge on any atom is -0.381 e. The Kier molecular flexibility index (Phi) is 4.82. The van der Waals surface area contributed by atoms with Gasteiger partial charge < -0.3 is 10.7 Å². The third-order valence-corrected chi connectivity index (χ3v) is 3.25. The molecule has 0 aliphatic carbocycles. The van der Waals surface area contributed by atoms with E-state index in [2.05, 4.69) is 21.9 Å². The Bertz CT molecular complexity index is 644. The lowest BCUT2D eigenvalue weighted by molar-refractivity contribution is 1.06. The van der Waals surface area contributed by atoms with E-state index < -0.39 is 0 Å². The average Bonchev–Trinajstić information content (AvgIpc) is 2.53. The van der Waals surface area contributed by atoms with Crippen molar-refractivity contribution in [3.63, 3.8) is 0 Å². The van der Waals surface area contributed by atoms with E-state index in [4.69, 9.17) is 5.41 Å². The summed E-state index contributed by atoms with van der Waals surface area (Å²) in [6.45, 7) is 8.24. The highest BCUT2D eigenvalue weighted by Crippen LogP contribution is 2.25. The van der Waals surface area contributed by atoms with Crippen molar-refractivity contribution in [2.24, 2.45) is 0 Å². The third kappa shape index (κ3) is 3.54. The molecular weight excluding hydrogens is 260 g/mol. The molecule has 4 heteroatoms. The van der Waals surface area contributed by atoms with Crippen LogP contribution in [0.4, 0.5) is 5.69 Å². The lowest BCUT2D eigenvalue weighted by atomic mass is 9.99. The van der Waals surface area contributed by atoms with Gasteiger partial charge in [0.25, 0.3) is 0 Å². The van der Waals surface area contributed by atoms with Crippen LogP contribution in [0, 0.1) is 12.3 Å². The smallest absolute Gasteiger partial charge is 0.125 e. The number of hydrogen-bond donors (Lipinski definition) is 2. The number of benzene rings is 1. The van der Waals surface area contributed by atoms with Crippen LogP contribution in [0.15, 0.2) is 43.2 Å². The number of hydrogen-bond acceptors (Lipinski definition) is 4. The lowest BCUT2D eigenvalue weighted by Gasteiger charge is -2.13. The SMILES string of the molecule is C=CCNc1ccc(-c2cnc(C)nc2)cc1C(=N)CC. The fraction of sp³-hybridized carbons (Fsp3) is 0.235. The first-order valence-corrected chi connectivity index (χ1v) is 7.01. The summed E-state index contributed by atoms with van der Waals surface area (Å²) in [5.74, 6) is 0.754. The molecule has 0 saturated carbocycles. The summed E-state index contributed by atoms with van der Waals surface area (Å²) in [4.78, 5) is 8.46. The molecule has 0 radical (unpaired) electrons. The quantitative estimate of drug-likeness (QED) is 0.624. The highest BCUT2D eigenvalue weighted by Gasteiger charge is 2.09. The summed E-state index contributed by atoms with van der Waals surface area (Å²) in [5, 5.41) is 11.4. The predicted molar refractivity (Wildman–Crippen MR) is 88.0 cm³/mol. The second-order valence-electron chi connectivity index (χ2n) is 4.78. The van der Waals surface area contributed by atoms with Crippen LogP contribution in [0.25, 0.3) is 11.1 Å². The first-order chi connectivity index (χ1) is 10.2. The van der Waals surface area contributed by atoms with E-state index in [0.717, 1.165) is 28.2 Å². The molecule has 0 atom stereocenters. The van der Waals surface area contributed by atoms with Gasteiger partial charge in [-0.3, -0.25) is 0 Å². The van der Waals surface area contributed by atoms with E-state index in [1.807, 2.05) is 44.4 Å². The average molecular weight is 280 g/mol. The number of nitrogens with zero attached hydrogens (tertiary/aromatic N) is 2. The molecule has 0 unspecified atom stereocenters. The van der Waals surface area contributed by atoms with Crippen molar-refractivity contribution in [1.82, 2.24) is 9.97 Å². The molecule has 0 aliphatic heterocycles. The molecule has 1 aromatic carbocycles. The van der Waals surface area contributed by atoms with Crippen molar-refractivity contribution in [2.75, 3.05) is 11.9 Å². The van der Waals surface area contributed by atoms with Crippen molar-refractivity contribution in [3.8, 4) is 11.1 Å². The number of rotatable bonds is 6. The summed E-state index contributed by atoms with van der Waals surface area (Å²) in [6, 6.07) is 6.04. The molecule has 1 heterocycles. The zero-order valence-electron chi connectivity index (χ0n) is 12.5. The second kappa shape index (κ2) is 6.79. The zero-order chi connectivity index (χ0) is 15.2. The molecular formula is C17H20N4. The summed E-state index contributed by atoms with van der Waals surface area (Å²) in [6.07, 6.45) is 6.12. The Hall–Kier alpha value is -2.49. The summed E-state index contributed by atoms with van der Waals surface area (Å²) in [5.41, 5.74) is 4.46. The van der Waals surface area contributed by atoms with E-state index in [1.54, 1.807) is 6.08 Å². The number of aryl methyl sites for hydroxylation is 1. The molecule has 2 rings (SSSR count). The molecule has 0 amide bonds. The molecule has 0 bridgehead atoms. The number of nitrogens with one attached hydrogen (secondary N) is 2. The van der Waals surface area contributed by atoms with E-state index in [1.165, 1.54) is 0 Å². The number of aromatic nitrogens is 2. The largest absolute Gasteiger partial charge is 0.381 e. The maximum Gasteiger partial charge on any atom is 0.125 e. The van der Waals surface area contributed by atoms with Gasteiger partial charge in [0.1, 0.15) is 5.82 Å². The molecule has 2 aromatic rings. The van der Waals surface area contributed by atoms with Crippen LogP contribution in [-0.4, -0.2) is 22.2 Å². The minimum atomic E-state index is 0.608. The van der Waals surface area contributed by atoms with Crippen molar-refractivity contribution < 1.29 is 0 Å². The Morgan fingerprint density at radius 3 is 2.62 bits per heavy atom. The minimum absolute atomic E-state index is 0.608. The molecule has 108 valence electrons. The third-order valence-electron chi connectivity index (χ3n) is 3.25. The van der Waals surface area contributed by atoms with Crippen molar-refractivity contribution in [1.29, 1.82) is 5.41 Å². The highest BCUT2D eigenvalue weighted by molar-refractivity contribution is 6.03. The summed E-state index contributed by atoms with van der Waals surface area (Å²) < 4.78 is 0. The Labute approximate surface area is 125 Å². The van der Waals surface area contributed by atoms with Crippen LogP contribution in [0.1, 0.15) is 24.7 Å². The standard InChI is InChI=1S/C17H20N4/c1-4-8-19-17-7-6-13(9-15(17)16(18)5-2)14-10-20-12(3)21-11-14/h4,6-7,9-11,18-19H,1,5,8H2,2-3H3. The molecule has 1 aromatic heterocycles. The maximum absolute atomic E-state index is 8.15. The van der Waals surface area contributed by atoms with E-state index in [0.29, 0.717) is 18.7 Å². The molecule has 0 aliphatic rings. The monoisotopic (exact) mass is 280 g/mol. The molecule has 0 fully saturated rings. The van der Waals surface area contributed by atoms with Gasteiger partial charge in [0, 0.05) is 41.5 Å². The van der Waals surface area contributed by atoms with Crippen LogP contribution < -0.4 is 5.32 Å². The van der Waals surface area contributed by atoms with Crippen molar-refractivity contribution >= 4 is 11.4 Å². The second-order valence-corrected chi connectivity index (χ2v) is 4.78. The van der Waals surface area contributed by atoms with E-state index in [9.17, 15) is 0 Å². The Morgan fingerprint density at radius 1 is 1.29 bits per heavy atom. The van der Waals surface area contributed by atoms with Crippen LogP contribution >= 0.6 is 0 Å². The van der Waals surface area contributed by atoms with Crippen molar-refractivity contribution in [2.45, 2.75) is 20.3 Å². The highest BCUT2D eigenvalue weighted by atomic mass is 14.9. The van der Waals surface area contributed by atoms with E-state index in [-0.39, 0.29) is 0 Å². The van der Waals surface area contributed by atoms with Gasteiger partial charge in [-0.05, 0) is 31.0 Å². The van der Waals surface area contributed by atoms with Gasteiger partial charge in [0.2, 0.25) is 0 Å². The maximum atomic E-state index is 8.15. The fourth-order valence-corrected chi connectivity index (χ4v) is 2.04. The normalized spacial score (nSPS) is 10.2. The van der Waals surface area contributed by atoms with Gasteiger partial charge in [-0.1, -0.05) is 19.1 Å². The van der Waals surface area contributed by atoms with Gasteiger partial charge in [-0.2, -0.15) is 0 Å². The molecule has 0 spiro atoms. The Morgan fingerprint density at radius 2 is 2.00 bits per heavy atom. The molecule has 4 nitrogen and oxygen atoms in total. The van der Waals surface area contributed by atoms with Gasteiger partial charge >= 0.3 is 0 Å². The van der Waals surface area contributed by atoms with Gasteiger partial charge in [0.15, 0.2) is 0 Å².